The summed E-state index contributed by atoms with van der Waals surface area (Å²) in [4.78, 5) is 0.285. The molecule has 124 valence electrons. The summed E-state index contributed by atoms with van der Waals surface area (Å²) < 4.78 is 32.7. The predicted molar refractivity (Wildman–Crippen MR) is 92.4 cm³/mol. The van der Waals surface area contributed by atoms with Gasteiger partial charge in [0.1, 0.15) is 5.75 Å². The first-order valence-electron chi connectivity index (χ1n) is 7.63. The molecular weight excluding hydrogens is 310 g/mol. The third kappa shape index (κ3) is 4.56. The summed E-state index contributed by atoms with van der Waals surface area (Å²) in [5.74, 6) is 0.730. The minimum Gasteiger partial charge on any atom is -0.496 e. The van der Waals surface area contributed by atoms with Crippen LogP contribution in [0.2, 0.25) is 0 Å². The van der Waals surface area contributed by atoms with Crippen molar-refractivity contribution in [3.05, 3.63) is 59.2 Å². The molecule has 0 amide bonds. The molecule has 2 aromatic carbocycles. The Kier molecular flexibility index (Phi) is 5.80. The molecule has 2 rings (SSSR count). The first kappa shape index (κ1) is 17.5. The van der Waals surface area contributed by atoms with Crippen LogP contribution in [0.15, 0.2) is 47.4 Å². The minimum absolute atomic E-state index is 0.285. The van der Waals surface area contributed by atoms with Crippen LogP contribution in [0.5, 0.6) is 5.75 Å². The number of hydrogen-bond donors (Lipinski definition) is 1. The van der Waals surface area contributed by atoms with Gasteiger partial charge in [0.15, 0.2) is 0 Å². The average molecular weight is 333 g/mol. The van der Waals surface area contributed by atoms with Crippen molar-refractivity contribution in [3.8, 4) is 5.75 Å². The van der Waals surface area contributed by atoms with Crippen LogP contribution < -0.4 is 9.46 Å². The summed E-state index contributed by atoms with van der Waals surface area (Å²) in [6, 6.07) is 13.3. The standard InChI is InChI=1S/C18H23NO3S/c1-14-12-17(13-15(2)18(14)22-3)23(20,21)19-11-7-10-16-8-5-4-6-9-16/h4-6,8-9,12-13,19H,7,10-11H2,1-3H3. The van der Waals surface area contributed by atoms with Crippen molar-refractivity contribution in [2.45, 2.75) is 31.6 Å². The lowest BCUT2D eigenvalue weighted by molar-refractivity contribution is 0.408. The molecule has 0 aromatic heterocycles. The van der Waals surface area contributed by atoms with Gasteiger partial charge in [0.25, 0.3) is 0 Å². The average Bonchev–Trinajstić information content (AvgIpc) is 2.52. The van der Waals surface area contributed by atoms with Crippen LogP contribution in [0, 0.1) is 13.8 Å². The smallest absolute Gasteiger partial charge is 0.240 e. The molecule has 0 heterocycles. The maximum Gasteiger partial charge on any atom is 0.240 e. The molecule has 0 atom stereocenters. The number of hydrogen-bond acceptors (Lipinski definition) is 3. The van der Waals surface area contributed by atoms with Gasteiger partial charge >= 0.3 is 0 Å². The Balaban J connectivity index is 1.99. The number of benzene rings is 2. The molecule has 0 aliphatic heterocycles. The van der Waals surface area contributed by atoms with E-state index in [0.29, 0.717) is 6.54 Å². The summed E-state index contributed by atoms with van der Waals surface area (Å²) in [5, 5.41) is 0. The van der Waals surface area contributed by atoms with E-state index >= 15 is 0 Å². The Hall–Kier alpha value is -1.85. The second kappa shape index (κ2) is 7.62. The number of ether oxygens (including phenoxy) is 1. The highest BCUT2D eigenvalue weighted by atomic mass is 32.2. The first-order valence-corrected chi connectivity index (χ1v) is 9.11. The molecule has 0 aliphatic rings. The van der Waals surface area contributed by atoms with Gasteiger partial charge in [0.2, 0.25) is 10.0 Å². The molecule has 5 heteroatoms. The third-order valence-corrected chi connectivity index (χ3v) is 5.17. The monoisotopic (exact) mass is 333 g/mol. The Morgan fingerprint density at radius 3 is 2.22 bits per heavy atom. The van der Waals surface area contributed by atoms with E-state index in [-0.39, 0.29) is 4.90 Å². The van der Waals surface area contributed by atoms with Crippen molar-refractivity contribution in [1.29, 1.82) is 0 Å². The summed E-state index contributed by atoms with van der Waals surface area (Å²) in [5.41, 5.74) is 2.84. The lowest BCUT2D eigenvalue weighted by atomic mass is 10.1. The van der Waals surface area contributed by atoms with Crippen LogP contribution in [0.4, 0.5) is 0 Å². The van der Waals surface area contributed by atoms with Crippen LogP contribution in [-0.4, -0.2) is 22.1 Å². The van der Waals surface area contributed by atoms with Crippen LogP contribution in [-0.2, 0) is 16.4 Å². The van der Waals surface area contributed by atoms with Crippen molar-refractivity contribution < 1.29 is 13.2 Å². The minimum atomic E-state index is -3.49. The number of methoxy groups -OCH3 is 1. The van der Waals surface area contributed by atoms with Crippen LogP contribution in [0.25, 0.3) is 0 Å². The Labute approximate surface area is 138 Å². The fourth-order valence-electron chi connectivity index (χ4n) is 2.61. The number of nitrogens with one attached hydrogen (secondary N) is 1. The van der Waals surface area contributed by atoms with Crippen molar-refractivity contribution in [2.24, 2.45) is 0 Å². The molecular formula is C18H23NO3S. The summed E-state index contributed by atoms with van der Waals surface area (Å²) >= 11 is 0. The molecule has 23 heavy (non-hydrogen) atoms. The Morgan fingerprint density at radius 1 is 1.04 bits per heavy atom. The molecule has 0 radical (unpaired) electrons. The predicted octanol–water partition coefficient (Wildman–Crippen LogP) is 3.22. The van der Waals surface area contributed by atoms with E-state index in [4.69, 9.17) is 4.74 Å². The van der Waals surface area contributed by atoms with E-state index in [0.717, 1.165) is 29.7 Å². The maximum absolute atomic E-state index is 12.4. The van der Waals surface area contributed by atoms with Crippen molar-refractivity contribution in [1.82, 2.24) is 4.72 Å². The second-order valence-corrected chi connectivity index (χ2v) is 7.34. The summed E-state index contributed by atoms with van der Waals surface area (Å²) in [6.45, 7) is 4.11. The highest BCUT2D eigenvalue weighted by Gasteiger charge is 2.16. The van der Waals surface area contributed by atoms with E-state index in [1.54, 1.807) is 19.2 Å². The van der Waals surface area contributed by atoms with Crippen molar-refractivity contribution in [3.63, 3.8) is 0 Å². The molecule has 0 bridgehead atoms. The number of rotatable bonds is 7. The second-order valence-electron chi connectivity index (χ2n) is 5.58. The SMILES string of the molecule is COc1c(C)cc(S(=O)(=O)NCCCc2ccccc2)cc1C. The zero-order chi connectivity index (χ0) is 16.9. The fourth-order valence-corrected chi connectivity index (χ4v) is 3.86. The van der Waals surface area contributed by atoms with Gasteiger partial charge in [-0.1, -0.05) is 30.3 Å². The van der Waals surface area contributed by atoms with Crippen molar-refractivity contribution >= 4 is 10.0 Å². The maximum atomic E-state index is 12.4. The van der Waals surface area contributed by atoms with Gasteiger partial charge in [-0.2, -0.15) is 0 Å². The van der Waals surface area contributed by atoms with Crippen molar-refractivity contribution in [2.75, 3.05) is 13.7 Å². The lowest BCUT2D eigenvalue weighted by Gasteiger charge is -2.12. The highest BCUT2D eigenvalue weighted by Crippen LogP contribution is 2.26. The van der Waals surface area contributed by atoms with Gasteiger partial charge in [-0.15, -0.1) is 0 Å². The molecule has 1 N–H and O–H groups in total. The van der Waals surface area contributed by atoms with Gasteiger partial charge in [0, 0.05) is 6.54 Å². The third-order valence-electron chi connectivity index (χ3n) is 3.73. The largest absolute Gasteiger partial charge is 0.496 e. The molecule has 0 aliphatic carbocycles. The van der Waals surface area contributed by atoms with E-state index in [9.17, 15) is 8.42 Å². The van der Waals surface area contributed by atoms with Crippen LogP contribution >= 0.6 is 0 Å². The molecule has 0 unspecified atom stereocenters. The summed E-state index contributed by atoms with van der Waals surface area (Å²) in [6.07, 6.45) is 1.61. The molecule has 0 spiro atoms. The highest BCUT2D eigenvalue weighted by molar-refractivity contribution is 7.89. The zero-order valence-electron chi connectivity index (χ0n) is 13.8. The van der Waals surface area contributed by atoms with E-state index in [2.05, 4.69) is 4.72 Å². The topological polar surface area (TPSA) is 55.4 Å². The first-order chi connectivity index (χ1) is 10.9. The van der Waals surface area contributed by atoms with Gasteiger partial charge in [0.05, 0.1) is 12.0 Å². The van der Waals surface area contributed by atoms with Gasteiger partial charge in [-0.3, -0.25) is 0 Å². The van der Waals surface area contributed by atoms with E-state index < -0.39 is 10.0 Å². The number of aryl methyl sites for hydroxylation is 3. The van der Waals surface area contributed by atoms with Gasteiger partial charge in [-0.05, 0) is 55.5 Å². The summed E-state index contributed by atoms with van der Waals surface area (Å²) in [7, 11) is -1.90. The Morgan fingerprint density at radius 2 is 1.65 bits per heavy atom. The van der Waals surface area contributed by atoms with E-state index in [1.165, 1.54) is 5.56 Å². The zero-order valence-corrected chi connectivity index (χ0v) is 14.6. The molecule has 4 nitrogen and oxygen atoms in total. The van der Waals surface area contributed by atoms with Crippen LogP contribution in [0.3, 0.4) is 0 Å². The molecule has 0 saturated heterocycles. The number of sulfonamides is 1. The fraction of sp³-hybridized carbons (Fsp3) is 0.333. The quantitative estimate of drug-likeness (QED) is 0.792. The normalized spacial score (nSPS) is 11.4. The molecule has 0 fully saturated rings. The molecule has 2 aromatic rings. The lowest BCUT2D eigenvalue weighted by Crippen LogP contribution is -2.25. The van der Waals surface area contributed by atoms with E-state index in [1.807, 2.05) is 44.2 Å². The van der Waals surface area contributed by atoms with Crippen LogP contribution in [0.1, 0.15) is 23.1 Å². The Bertz CT molecular complexity index is 732. The van der Waals surface area contributed by atoms with Gasteiger partial charge < -0.3 is 4.74 Å². The van der Waals surface area contributed by atoms with Gasteiger partial charge in [-0.25, -0.2) is 13.1 Å². The molecule has 0 saturated carbocycles.